The molecule has 0 bridgehead atoms. The van der Waals surface area contributed by atoms with Gasteiger partial charge in [0.05, 0.1) is 21.1 Å². The van der Waals surface area contributed by atoms with Crippen LogP contribution in [-0.4, -0.2) is 21.1 Å². The summed E-state index contributed by atoms with van der Waals surface area (Å²) in [6.07, 6.45) is 0. The van der Waals surface area contributed by atoms with Crippen LogP contribution in [0.3, 0.4) is 0 Å². The number of quaternary nitrogens is 1. The van der Waals surface area contributed by atoms with Gasteiger partial charge in [-0.1, -0.05) is 17.7 Å². The lowest BCUT2D eigenvalue weighted by Gasteiger charge is -2.23. The summed E-state index contributed by atoms with van der Waals surface area (Å²) in [5.74, 6) is 0. The Morgan fingerprint density at radius 1 is 1.18 bits per heavy atom. The van der Waals surface area contributed by atoms with E-state index in [4.69, 9.17) is 11.6 Å². The molecule has 0 spiro atoms. The van der Waals surface area contributed by atoms with Crippen molar-refractivity contribution in [2.45, 2.75) is 0 Å². The van der Waals surface area contributed by atoms with E-state index >= 15 is 0 Å². The van der Waals surface area contributed by atoms with E-state index in [1.54, 1.807) is 0 Å². The van der Waals surface area contributed by atoms with Crippen molar-refractivity contribution in [3.05, 3.63) is 29.3 Å². The lowest BCUT2D eigenvalue weighted by atomic mass is 10.3. The Kier molecular flexibility index (Phi) is 2.21. The molecule has 0 fully saturated rings. The number of hydrogen-bond acceptors (Lipinski definition) is 0. The molecule has 1 aromatic carbocycles. The Hall–Kier alpha value is -0.530. The number of hydrogen-bond donors (Lipinski definition) is 0. The van der Waals surface area contributed by atoms with Crippen molar-refractivity contribution in [2.75, 3.05) is 21.1 Å². The first-order valence-electron chi connectivity index (χ1n) is 3.58. The zero-order valence-electron chi connectivity index (χ0n) is 7.13. The molecule has 0 saturated carbocycles. The fourth-order valence-corrected chi connectivity index (χ4v) is 1.08. The molecule has 60 valence electrons. The van der Waals surface area contributed by atoms with Crippen LogP contribution in [0.4, 0.5) is 5.69 Å². The molecule has 1 nitrogen and oxygen atoms in total. The van der Waals surface area contributed by atoms with E-state index in [0.717, 1.165) is 9.51 Å². The van der Waals surface area contributed by atoms with Gasteiger partial charge in [0, 0.05) is 11.1 Å². The van der Waals surface area contributed by atoms with E-state index in [-0.39, 0.29) is 0 Å². The molecule has 0 amide bonds. The number of rotatable bonds is 1. The number of halogens is 1. The molecule has 0 aliphatic heterocycles. The van der Waals surface area contributed by atoms with Gasteiger partial charge in [-0.25, -0.2) is 0 Å². The SMILES string of the molecule is C[N+](C)(C)c1cccc(Cl)c1. The molecular formula is C9H13ClN+. The van der Waals surface area contributed by atoms with E-state index in [2.05, 4.69) is 27.2 Å². The first-order chi connectivity index (χ1) is 5.00. The molecule has 0 N–H and O–H groups in total. The maximum atomic E-state index is 5.84. The Morgan fingerprint density at radius 2 is 1.82 bits per heavy atom. The second-order valence-corrected chi connectivity index (χ2v) is 3.93. The van der Waals surface area contributed by atoms with E-state index in [0.29, 0.717) is 0 Å². The number of benzene rings is 1. The highest BCUT2D eigenvalue weighted by atomic mass is 35.5. The van der Waals surface area contributed by atoms with Gasteiger partial charge in [-0.3, -0.25) is 4.48 Å². The van der Waals surface area contributed by atoms with Gasteiger partial charge in [-0.05, 0) is 12.1 Å². The van der Waals surface area contributed by atoms with Gasteiger partial charge in [0.2, 0.25) is 0 Å². The summed E-state index contributed by atoms with van der Waals surface area (Å²) in [4.78, 5) is 0. The first kappa shape index (κ1) is 8.57. The fraction of sp³-hybridized carbons (Fsp3) is 0.333. The minimum atomic E-state index is 0.801. The van der Waals surface area contributed by atoms with Gasteiger partial charge in [0.1, 0.15) is 5.69 Å². The van der Waals surface area contributed by atoms with Crippen LogP contribution < -0.4 is 4.48 Å². The highest BCUT2D eigenvalue weighted by molar-refractivity contribution is 6.30. The van der Waals surface area contributed by atoms with E-state index in [1.165, 1.54) is 5.69 Å². The molecule has 0 radical (unpaired) electrons. The van der Waals surface area contributed by atoms with Crippen molar-refractivity contribution >= 4 is 17.3 Å². The topological polar surface area (TPSA) is 0 Å². The summed E-state index contributed by atoms with van der Waals surface area (Å²) in [6, 6.07) is 7.93. The maximum Gasteiger partial charge on any atom is 0.133 e. The van der Waals surface area contributed by atoms with Crippen molar-refractivity contribution in [1.82, 2.24) is 4.48 Å². The molecular weight excluding hydrogens is 158 g/mol. The molecule has 1 rings (SSSR count). The molecule has 0 saturated heterocycles. The van der Waals surface area contributed by atoms with Gasteiger partial charge < -0.3 is 0 Å². The smallest absolute Gasteiger partial charge is 0.133 e. The third-order valence-electron chi connectivity index (χ3n) is 1.58. The van der Waals surface area contributed by atoms with Crippen LogP contribution in [0.25, 0.3) is 0 Å². The van der Waals surface area contributed by atoms with E-state index in [9.17, 15) is 0 Å². The Bertz CT molecular complexity index is 250. The minimum Gasteiger partial charge on any atom is -0.298 e. The maximum absolute atomic E-state index is 5.84. The summed E-state index contributed by atoms with van der Waals surface area (Å²) in [5.41, 5.74) is 1.22. The molecule has 0 atom stereocenters. The monoisotopic (exact) mass is 170 g/mol. The quantitative estimate of drug-likeness (QED) is 0.569. The van der Waals surface area contributed by atoms with Crippen LogP contribution in [0, 0.1) is 0 Å². The zero-order valence-corrected chi connectivity index (χ0v) is 7.89. The first-order valence-corrected chi connectivity index (χ1v) is 3.95. The molecule has 11 heavy (non-hydrogen) atoms. The minimum absolute atomic E-state index is 0.801. The van der Waals surface area contributed by atoms with Gasteiger partial charge in [0.25, 0.3) is 0 Å². The standard InChI is InChI=1S/C9H13ClN/c1-11(2,3)9-6-4-5-8(10)7-9/h4-7H,1-3H3/q+1. The molecule has 0 aromatic heterocycles. The highest BCUT2D eigenvalue weighted by Crippen LogP contribution is 2.20. The lowest BCUT2D eigenvalue weighted by Crippen LogP contribution is -2.34. The summed E-state index contributed by atoms with van der Waals surface area (Å²) in [6.45, 7) is 0. The van der Waals surface area contributed by atoms with Crippen LogP contribution in [0.2, 0.25) is 5.02 Å². The Balaban J connectivity index is 3.06. The van der Waals surface area contributed by atoms with Crippen LogP contribution >= 0.6 is 11.6 Å². The van der Waals surface area contributed by atoms with Gasteiger partial charge in [0.15, 0.2) is 0 Å². The normalized spacial score (nSPS) is 11.6. The number of nitrogens with zero attached hydrogens (tertiary/aromatic N) is 1. The largest absolute Gasteiger partial charge is 0.298 e. The summed E-state index contributed by atoms with van der Waals surface area (Å²) < 4.78 is 0.806. The predicted molar refractivity (Wildman–Crippen MR) is 51.0 cm³/mol. The van der Waals surface area contributed by atoms with Crippen molar-refractivity contribution in [3.63, 3.8) is 0 Å². The van der Waals surface area contributed by atoms with E-state index < -0.39 is 0 Å². The molecule has 0 unspecified atom stereocenters. The lowest BCUT2D eigenvalue weighted by molar-refractivity contribution is 0.486. The Labute approximate surface area is 72.8 Å². The molecule has 0 heterocycles. The Morgan fingerprint density at radius 3 is 2.18 bits per heavy atom. The second-order valence-electron chi connectivity index (χ2n) is 3.49. The third kappa shape index (κ3) is 2.21. The van der Waals surface area contributed by atoms with Gasteiger partial charge in [-0.2, -0.15) is 0 Å². The second kappa shape index (κ2) is 2.84. The van der Waals surface area contributed by atoms with Crippen molar-refractivity contribution < 1.29 is 0 Å². The zero-order chi connectivity index (χ0) is 8.48. The third-order valence-corrected chi connectivity index (χ3v) is 1.82. The fourth-order valence-electron chi connectivity index (χ4n) is 0.893. The molecule has 0 aliphatic rings. The van der Waals surface area contributed by atoms with E-state index in [1.807, 2.05) is 18.2 Å². The predicted octanol–water partition coefficient (Wildman–Crippen LogP) is 2.54. The van der Waals surface area contributed by atoms with Crippen molar-refractivity contribution in [2.24, 2.45) is 0 Å². The molecule has 0 aliphatic carbocycles. The molecule has 2 heteroatoms. The van der Waals surface area contributed by atoms with Crippen molar-refractivity contribution in [1.29, 1.82) is 0 Å². The average Bonchev–Trinajstić information content (AvgIpc) is 1.86. The van der Waals surface area contributed by atoms with Gasteiger partial charge in [-0.15, -0.1) is 0 Å². The van der Waals surface area contributed by atoms with Crippen molar-refractivity contribution in [3.8, 4) is 0 Å². The van der Waals surface area contributed by atoms with Crippen LogP contribution in [0.5, 0.6) is 0 Å². The average molecular weight is 171 g/mol. The summed E-state index contributed by atoms with van der Waals surface area (Å²) in [7, 11) is 6.35. The van der Waals surface area contributed by atoms with Crippen LogP contribution in [-0.2, 0) is 0 Å². The van der Waals surface area contributed by atoms with Crippen LogP contribution in [0.15, 0.2) is 24.3 Å². The van der Waals surface area contributed by atoms with Crippen LogP contribution in [0.1, 0.15) is 0 Å². The highest BCUT2D eigenvalue weighted by Gasteiger charge is 2.10. The van der Waals surface area contributed by atoms with Gasteiger partial charge >= 0.3 is 0 Å². The summed E-state index contributed by atoms with van der Waals surface area (Å²) in [5, 5.41) is 0.801. The summed E-state index contributed by atoms with van der Waals surface area (Å²) >= 11 is 5.84. The molecule has 1 aromatic rings.